The number of carboxylic acid groups (broad SMARTS) is 1. The van der Waals surface area contributed by atoms with Crippen LogP contribution in [0.5, 0.6) is 0 Å². The highest BCUT2D eigenvalue weighted by molar-refractivity contribution is 5.85. The lowest BCUT2D eigenvalue weighted by Crippen LogP contribution is -2.37. The van der Waals surface area contributed by atoms with E-state index in [9.17, 15) is 4.79 Å². The van der Waals surface area contributed by atoms with Gasteiger partial charge in [-0.2, -0.15) is 0 Å². The van der Waals surface area contributed by atoms with E-state index in [-0.39, 0.29) is 24.4 Å². The first-order valence-electron chi connectivity index (χ1n) is 3.70. The van der Waals surface area contributed by atoms with Gasteiger partial charge in [0.1, 0.15) is 0 Å². The molecule has 1 aliphatic carbocycles. The van der Waals surface area contributed by atoms with Crippen molar-refractivity contribution in [2.45, 2.75) is 31.7 Å². The first-order valence-corrected chi connectivity index (χ1v) is 3.70. The highest BCUT2D eigenvalue weighted by atomic mass is 35.5. The molecule has 3 N–H and O–H groups in total. The number of nitrogens with two attached hydrogens (primary N) is 1. The van der Waals surface area contributed by atoms with Gasteiger partial charge >= 0.3 is 5.97 Å². The van der Waals surface area contributed by atoms with Crippen LogP contribution >= 0.6 is 12.4 Å². The third-order valence-electron chi connectivity index (χ3n) is 2.14. The van der Waals surface area contributed by atoms with Crippen LogP contribution in [0.3, 0.4) is 0 Å². The number of rotatable bonds is 1. The fourth-order valence-electron chi connectivity index (χ4n) is 1.47. The maximum absolute atomic E-state index is 10.5. The first kappa shape index (κ1) is 10.7. The Morgan fingerprint density at radius 3 is 2.27 bits per heavy atom. The lowest BCUT2D eigenvalue weighted by Gasteiger charge is -2.24. The Morgan fingerprint density at radius 1 is 1.36 bits per heavy atom. The fourth-order valence-corrected chi connectivity index (χ4v) is 1.47. The van der Waals surface area contributed by atoms with Crippen molar-refractivity contribution in [2.24, 2.45) is 11.7 Å². The van der Waals surface area contributed by atoms with Crippen LogP contribution in [0.15, 0.2) is 0 Å². The highest BCUT2D eigenvalue weighted by Crippen LogP contribution is 2.22. The SMILES string of the molecule is Cl.NC1CCCCC1C(=O)O. The van der Waals surface area contributed by atoms with Crippen molar-refractivity contribution < 1.29 is 9.90 Å². The summed E-state index contributed by atoms with van der Waals surface area (Å²) in [5.41, 5.74) is 5.60. The minimum Gasteiger partial charge on any atom is -0.481 e. The van der Waals surface area contributed by atoms with E-state index >= 15 is 0 Å². The second kappa shape index (κ2) is 4.57. The molecule has 0 spiro atoms. The molecule has 1 saturated carbocycles. The molecule has 2 unspecified atom stereocenters. The van der Waals surface area contributed by atoms with E-state index in [1.807, 2.05) is 0 Å². The fraction of sp³-hybridized carbons (Fsp3) is 0.857. The minimum atomic E-state index is -0.729. The van der Waals surface area contributed by atoms with Crippen LogP contribution in [-0.2, 0) is 4.79 Å². The minimum absolute atomic E-state index is 0. The molecule has 0 aromatic carbocycles. The normalized spacial score (nSPS) is 30.6. The van der Waals surface area contributed by atoms with Gasteiger partial charge in [0.05, 0.1) is 5.92 Å². The van der Waals surface area contributed by atoms with Crippen molar-refractivity contribution in [1.29, 1.82) is 0 Å². The molecule has 0 heterocycles. The summed E-state index contributed by atoms with van der Waals surface area (Å²) in [4.78, 5) is 10.5. The van der Waals surface area contributed by atoms with E-state index in [0.29, 0.717) is 0 Å². The molecule has 0 aromatic rings. The van der Waals surface area contributed by atoms with Gasteiger partial charge in [0, 0.05) is 6.04 Å². The standard InChI is InChI=1S/C7H13NO2.ClH/c8-6-4-2-1-3-5(6)7(9)10;/h5-6H,1-4,8H2,(H,9,10);1H. The van der Waals surface area contributed by atoms with Crippen LogP contribution in [0.25, 0.3) is 0 Å². The van der Waals surface area contributed by atoms with Gasteiger partial charge in [0.25, 0.3) is 0 Å². The van der Waals surface area contributed by atoms with Crippen LogP contribution in [0.1, 0.15) is 25.7 Å². The number of halogens is 1. The van der Waals surface area contributed by atoms with Gasteiger partial charge in [0.2, 0.25) is 0 Å². The molecule has 0 aromatic heterocycles. The van der Waals surface area contributed by atoms with E-state index < -0.39 is 5.97 Å². The van der Waals surface area contributed by atoms with Crippen molar-refractivity contribution >= 4 is 18.4 Å². The summed E-state index contributed by atoms with van der Waals surface area (Å²) in [5.74, 6) is -1.01. The van der Waals surface area contributed by atoms with Crippen LogP contribution in [0.2, 0.25) is 0 Å². The second-order valence-electron chi connectivity index (χ2n) is 2.89. The quantitative estimate of drug-likeness (QED) is 0.632. The van der Waals surface area contributed by atoms with Gasteiger partial charge in [-0.1, -0.05) is 12.8 Å². The van der Waals surface area contributed by atoms with E-state index in [0.717, 1.165) is 25.7 Å². The summed E-state index contributed by atoms with van der Waals surface area (Å²) in [7, 11) is 0. The third-order valence-corrected chi connectivity index (χ3v) is 2.14. The van der Waals surface area contributed by atoms with Crippen molar-refractivity contribution in [3.63, 3.8) is 0 Å². The average Bonchev–Trinajstić information content (AvgIpc) is 1.88. The molecule has 0 bridgehead atoms. The van der Waals surface area contributed by atoms with Gasteiger partial charge in [-0.3, -0.25) is 4.79 Å². The molecular weight excluding hydrogens is 166 g/mol. The van der Waals surface area contributed by atoms with E-state index in [1.54, 1.807) is 0 Å². The molecule has 0 radical (unpaired) electrons. The molecule has 66 valence electrons. The summed E-state index contributed by atoms with van der Waals surface area (Å²) in [5, 5.41) is 8.63. The second-order valence-corrected chi connectivity index (χ2v) is 2.89. The number of carbonyl (C=O) groups is 1. The molecule has 0 aliphatic heterocycles. The summed E-state index contributed by atoms with van der Waals surface area (Å²) >= 11 is 0. The summed E-state index contributed by atoms with van der Waals surface area (Å²) < 4.78 is 0. The smallest absolute Gasteiger partial charge is 0.308 e. The molecule has 1 aliphatic rings. The molecular formula is C7H14ClNO2. The van der Waals surface area contributed by atoms with E-state index in [2.05, 4.69) is 0 Å². The third kappa shape index (κ3) is 2.67. The van der Waals surface area contributed by atoms with Crippen molar-refractivity contribution in [1.82, 2.24) is 0 Å². The van der Waals surface area contributed by atoms with Gasteiger partial charge in [0.15, 0.2) is 0 Å². The summed E-state index contributed by atoms with van der Waals surface area (Å²) in [6.07, 6.45) is 3.74. The maximum Gasteiger partial charge on any atom is 0.308 e. The topological polar surface area (TPSA) is 63.3 Å². The number of hydrogen-bond acceptors (Lipinski definition) is 2. The first-order chi connectivity index (χ1) is 4.72. The molecule has 1 fully saturated rings. The van der Waals surface area contributed by atoms with Gasteiger partial charge in [-0.25, -0.2) is 0 Å². The Bertz CT molecular complexity index is 140. The van der Waals surface area contributed by atoms with Gasteiger partial charge in [-0.15, -0.1) is 12.4 Å². The van der Waals surface area contributed by atoms with E-state index in [1.165, 1.54) is 0 Å². The van der Waals surface area contributed by atoms with E-state index in [4.69, 9.17) is 10.8 Å². The predicted octanol–water partition coefficient (Wildman–Crippen LogP) is 1.01. The zero-order valence-corrected chi connectivity index (χ0v) is 7.14. The molecule has 3 nitrogen and oxygen atoms in total. The highest BCUT2D eigenvalue weighted by Gasteiger charge is 2.27. The Kier molecular flexibility index (Phi) is 4.45. The van der Waals surface area contributed by atoms with Crippen LogP contribution in [0.4, 0.5) is 0 Å². The Morgan fingerprint density at radius 2 is 1.91 bits per heavy atom. The Labute approximate surface area is 72.4 Å². The van der Waals surface area contributed by atoms with Crippen molar-refractivity contribution in [3.8, 4) is 0 Å². The largest absolute Gasteiger partial charge is 0.481 e. The lowest BCUT2D eigenvalue weighted by atomic mass is 9.85. The van der Waals surface area contributed by atoms with Crippen LogP contribution < -0.4 is 5.73 Å². The summed E-state index contributed by atoms with van der Waals surface area (Å²) in [6.45, 7) is 0. The van der Waals surface area contributed by atoms with Crippen LogP contribution in [0, 0.1) is 5.92 Å². The molecule has 4 heteroatoms. The Hall–Kier alpha value is -0.280. The predicted molar refractivity (Wildman–Crippen MR) is 44.8 cm³/mol. The lowest BCUT2D eigenvalue weighted by molar-refractivity contribution is -0.143. The van der Waals surface area contributed by atoms with Gasteiger partial charge in [-0.05, 0) is 12.8 Å². The van der Waals surface area contributed by atoms with Crippen molar-refractivity contribution in [3.05, 3.63) is 0 Å². The molecule has 0 saturated heterocycles. The monoisotopic (exact) mass is 179 g/mol. The average molecular weight is 180 g/mol. The molecule has 0 amide bonds. The zero-order valence-electron chi connectivity index (χ0n) is 6.32. The van der Waals surface area contributed by atoms with Gasteiger partial charge < -0.3 is 10.8 Å². The number of hydrogen-bond donors (Lipinski definition) is 2. The maximum atomic E-state index is 10.5. The van der Waals surface area contributed by atoms with Crippen molar-refractivity contribution in [2.75, 3.05) is 0 Å². The Balaban J connectivity index is 0.000001000. The molecule has 1 rings (SSSR count). The number of aliphatic carboxylic acids is 1. The zero-order chi connectivity index (χ0) is 7.56. The number of carboxylic acids is 1. The molecule has 11 heavy (non-hydrogen) atoms. The molecule has 2 atom stereocenters. The van der Waals surface area contributed by atoms with Crippen LogP contribution in [-0.4, -0.2) is 17.1 Å². The summed E-state index contributed by atoms with van der Waals surface area (Å²) in [6, 6.07) is -0.105.